The molecule has 5 heteroatoms. The second-order valence-electron chi connectivity index (χ2n) is 3.02. The molecule has 0 aliphatic rings. The van der Waals surface area contributed by atoms with Gasteiger partial charge >= 0.3 is 0 Å². The third-order valence-corrected chi connectivity index (χ3v) is 2.13. The highest BCUT2D eigenvalue weighted by molar-refractivity contribution is 6.30. The van der Waals surface area contributed by atoms with Crippen molar-refractivity contribution < 1.29 is 9.53 Å². The van der Waals surface area contributed by atoms with E-state index in [0.29, 0.717) is 13.1 Å². The molecule has 0 aromatic carbocycles. The summed E-state index contributed by atoms with van der Waals surface area (Å²) in [6.07, 6.45) is 3.74. The molecule has 0 unspecified atom stereocenters. The first-order valence-corrected chi connectivity index (χ1v) is 5.21. The molecule has 0 saturated heterocycles. The number of nitrogens with zero attached hydrogens (tertiary/aromatic N) is 2. The van der Waals surface area contributed by atoms with Gasteiger partial charge in [0.25, 0.3) is 6.47 Å². The van der Waals surface area contributed by atoms with E-state index in [-0.39, 0.29) is 0 Å². The predicted octanol–water partition coefficient (Wildman–Crippen LogP) is 2.48. The van der Waals surface area contributed by atoms with Crippen LogP contribution in [0.4, 0.5) is 0 Å². The molecule has 2 aromatic heterocycles. The molecule has 16 heavy (non-hydrogen) atoms. The van der Waals surface area contributed by atoms with E-state index in [1.54, 1.807) is 6.92 Å². The van der Waals surface area contributed by atoms with E-state index in [0.717, 1.165) is 16.4 Å². The molecular formula is C11H13ClN2O2. The van der Waals surface area contributed by atoms with Crippen LogP contribution in [-0.4, -0.2) is 22.5 Å². The molecule has 0 aliphatic carbocycles. The maximum atomic E-state index is 9.18. The van der Waals surface area contributed by atoms with Crippen molar-refractivity contribution in [3.05, 3.63) is 35.2 Å². The lowest BCUT2D eigenvalue weighted by molar-refractivity contribution is -0.128. The van der Waals surface area contributed by atoms with Crippen molar-refractivity contribution in [3.63, 3.8) is 0 Å². The summed E-state index contributed by atoms with van der Waals surface area (Å²) in [5.41, 5.74) is 2.02. The van der Waals surface area contributed by atoms with Crippen LogP contribution in [0.15, 0.2) is 24.5 Å². The highest BCUT2D eigenvalue weighted by atomic mass is 35.5. The zero-order valence-electron chi connectivity index (χ0n) is 9.18. The van der Waals surface area contributed by atoms with Gasteiger partial charge in [0, 0.05) is 23.1 Å². The lowest BCUT2D eigenvalue weighted by atomic mass is 10.4. The van der Waals surface area contributed by atoms with Crippen molar-refractivity contribution in [3.8, 4) is 0 Å². The Balaban J connectivity index is 0.000000221. The van der Waals surface area contributed by atoms with Gasteiger partial charge < -0.3 is 9.14 Å². The third kappa shape index (κ3) is 3.24. The van der Waals surface area contributed by atoms with Crippen molar-refractivity contribution >= 4 is 23.7 Å². The number of hydrogen-bond donors (Lipinski definition) is 0. The summed E-state index contributed by atoms with van der Waals surface area (Å²) < 4.78 is 6.14. The van der Waals surface area contributed by atoms with Gasteiger partial charge in [0.2, 0.25) is 0 Å². The Labute approximate surface area is 98.8 Å². The van der Waals surface area contributed by atoms with E-state index in [1.807, 2.05) is 35.9 Å². The zero-order valence-corrected chi connectivity index (χ0v) is 9.94. The number of ether oxygens (including phenoxy) is 1. The van der Waals surface area contributed by atoms with Crippen LogP contribution in [0.2, 0.25) is 5.02 Å². The fourth-order valence-corrected chi connectivity index (χ4v) is 1.30. The van der Waals surface area contributed by atoms with E-state index in [2.05, 4.69) is 9.72 Å². The molecule has 0 amide bonds. The number of aromatic nitrogens is 2. The Morgan fingerprint density at radius 2 is 2.38 bits per heavy atom. The molecular weight excluding hydrogens is 228 g/mol. The summed E-state index contributed by atoms with van der Waals surface area (Å²) >= 11 is 5.77. The lowest BCUT2D eigenvalue weighted by Crippen LogP contribution is -1.84. The van der Waals surface area contributed by atoms with Gasteiger partial charge in [-0.25, -0.2) is 4.98 Å². The second-order valence-corrected chi connectivity index (χ2v) is 3.46. The predicted molar refractivity (Wildman–Crippen MR) is 62.6 cm³/mol. The summed E-state index contributed by atoms with van der Waals surface area (Å²) in [6, 6.07) is 3.69. The molecule has 0 radical (unpaired) electrons. The molecule has 0 saturated carbocycles. The van der Waals surface area contributed by atoms with Gasteiger partial charge in [-0.05, 0) is 26.0 Å². The van der Waals surface area contributed by atoms with Gasteiger partial charge in [-0.3, -0.25) is 4.79 Å². The number of imidazole rings is 1. The van der Waals surface area contributed by atoms with Gasteiger partial charge in [0.15, 0.2) is 0 Å². The Hall–Kier alpha value is -1.55. The number of pyridine rings is 1. The Kier molecular flexibility index (Phi) is 4.79. The van der Waals surface area contributed by atoms with Gasteiger partial charge in [-0.1, -0.05) is 11.6 Å². The van der Waals surface area contributed by atoms with Gasteiger partial charge in [-0.2, -0.15) is 0 Å². The molecule has 0 aliphatic heterocycles. The number of aryl methyl sites for hydroxylation is 1. The Morgan fingerprint density at radius 1 is 1.62 bits per heavy atom. The number of hydrogen-bond acceptors (Lipinski definition) is 3. The molecule has 0 spiro atoms. The van der Waals surface area contributed by atoms with Crippen LogP contribution >= 0.6 is 11.6 Å². The number of halogens is 1. The zero-order chi connectivity index (χ0) is 12.0. The molecule has 0 fully saturated rings. The SMILES string of the molecule is CCOC=O.Cc1cnc2cc(Cl)ccn12. The van der Waals surface area contributed by atoms with Gasteiger partial charge in [-0.15, -0.1) is 0 Å². The van der Waals surface area contributed by atoms with E-state index in [1.165, 1.54) is 0 Å². The minimum absolute atomic E-state index is 0.431. The molecule has 0 bridgehead atoms. The summed E-state index contributed by atoms with van der Waals surface area (Å²) in [5.74, 6) is 0. The van der Waals surface area contributed by atoms with Crippen LogP contribution in [-0.2, 0) is 9.53 Å². The molecule has 2 heterocycles. The van der Waals surface area contributed by atoms with Crippen LogP contribution in [0.1, 0.15) is 12.6 Å². The average molecular weight is 241 g/mol. The van der Waals surface area contributed by atoms with Crippen LogP contribution in [0.25, 0.3) is 5.65 Å². The number of fused-ring (bicyclic) bond motifs is 1. The van der Waals surface area contributed by atoms with Gasteiger partial charge in [0.05, 0.1) is 6.61 Å². The highest BCUT2D eigenvalue weighted by Crippen LogP contribution is 2.12. The Bertz CT molecular complexity index is 468. The van der Waals surface area contributed by atoms with Crippen LogP contribution < -0.4 is 0 Å². The minimum atomic E-state index is 0.431. The quantitative estimate of drug-likeness (QED) is 0.758. The first kappa shape index (κ1) is 12.5. The van der Waals surface area contributed by atoms with E-state index in [9.17, 15) is 4.79 Å². The maximum absolute atomic E-state index is 9.18. The maximum Gasteiger partial charge on any atom is 0.293 e. The largest absolute Gasteiger partial charge is 0.468 e. The highest BCUT2D eigenvalue weighted by Gasteiger charge is 1.97. The number of rotatable bonds is 2. The first-order chi connectivity index (χ1) is 7.69. The van der Waals surface area contributed by atoms with Crippen LogP contribution in [0.3, 0.4) is 0 Å². The summed E-state index contributed by atoms with van der Waals surface area (Å²) in [7, 11) is 0. The summed E-state index contributed by atoms with van der Waals surface area (Å²) in [4.78, 5) is 13.3. The number of carbonyl (C=O) groups is 1. The molecule has 0 atom stereocenters. The molecule has 86 valence electrons. The van der Waals surface area contributed by atoms with Crippen LogP contribution in [0.5, 0.6) is 0 Å². The van der Waals surface area contributed by atoms with E-state index >= 15 is 0 Å². The lowest BCUT2D eigenvalue weighted by Gasteiger charge is -1.94. The Morgan fingerprint density at radius 3 is 2.94 bits per heavy atom. The van der Waals surface area contributed by atoms with E-state index in [4.69, 9.17) is 11.6 Å². The third-order valence-electron chi connectivity index (χ3n) is 1.89. The fraction of sp³-hybridized carbons (Fsp3) is 0.273. The summed E-state index contributed by atoms with van der Waals surface area (Å²) in [6.45, 7) is 4.67. The van der Waals surface area contributed by atoms with Crippen molar-refractivity contribution in [2.75, 3.05) is 6.61 Å². The first-order valence-electron chi connectivity index (χ1n) is 4.83. The molecule has 0 N–H and O–H groups in total. The normalized spacial score (nSPS) is 9.44. The molecule has 2 aromatic rings. The van der Waals surface area contributed by atoms with Gasteiger partial charge in [0.1, 0.15) is 5.65 Å². The molecule has 4 nitrogen and oxygen atoms in total. The second kappa shape index (κ2) is 6.12. The van der Waals surface area contributed by atoms with Crippen molar-refractivity contribution in [2.45, 2.75) is 13.8 Å². The van der Waals surface area contributed by atoms with Crippen molar-refractivity contribution in [2.24, 2.45) is 0 Å². The van der Waals surface area contributed by atoms with E-state index < -0.39 is 0 Å². The smallest absolute Gasteiger partial charge is 0.293 e. The fourth-order valence-electron chi connectivity index (χ4n) is 1.15. The summed E-state index contributed by atoms with van der Waals surface area (Å²) in [5, 5.41) is 0.725. The minimum Gasteiger partial charge on any atom is -0.468 e. The number of carbonyl (C=O) groups excluding carboxylic acids is 1. The average Bonchev–Trinajstić information content (AvgIpc) is 2.62. The van der Waals surface area contributed by atoms with Crippen molar-refractivity contribution in [1.29, 1.82) is 0 Å². The van der Waals surface area contributed by atoms with Crippen molar-refractivity contribution in [1.82, 2.24) is 9.38 Å². The van der Waals surface area contributed by atoms with Crippen LogP contribution in [0, 0.1) is 6.92 Å². The topological polar surface area (TPSA) is 43.6 Å². The monoisotopic (exact) mass is 240 g/mol. The molecule has 2 rings (SSSR count). The standard InChI is InChI=1S/C8H7ClN2.C3H6O2/c1-6-5-10-8-4-7(9)2-3-11(6)8;1-2-5-3-4/h2-5H,1H3;3H,2H2,1H3.